The van der Waals surface area contributed by atoms with Crippen molar-refractivity contribution >= 4 is 5.78 Å². The van der Waals surface area contributed by atoms with E-state index in [-0.39, 0.29) is 11.9 Å². The monoisotopic (exact) mass is 282 g/mol. The third kappa shape index (κ3) is 2.92. The number of ketones is 1. The predicted octanol–water partition coefficient (Wildman–Crippen LogP) is 3.58. The second kappa shape index (κ2) is 5.60. The Bertz CT molecular complexity index is 651. The van der Waals surface area contributed by atoms with E-state index in [1.165, 1.54) is 5.56 Å². The Morgan fingerprint density at radius 1 is 1.29 bits per heavy atom. The number of carbonyl (C=O) groups excluding carboxylic acids is 1. The van der Waals surface area contributed by atoms with Crippen LogP contribution in [0.3, 0.4) is 0 Å². The van der Waals surface area contributed by atoms with Crippen molar-refractivity contribution in [3.05, 3.63) is 59.2 Å². The molecule has 0 radical (unpaired) electrons. The van der Waals surface area contributed by atoms with Crippen LogP contribution in [-0.2, 0) is 6.42 Å². The van der Waals surface area contributed by atoms with E-state index < -0.39 is 0 Å². The first-order chi connectivity index (χ1) is 10.1. The van der Waals surface area contributed by atoms with Gasteiger partial charge in [0.25, 0.3) is 0 Å². The molecule has 21 heavy (non-hydrogen) atoms. The Morgan fingerprint density at radius 3 is 2.86 bits per heavy atom. The lowest BCUT2D eigenvalue weighted by molar-refractivity contribution is 0.100. The third-order valence-corrected chi connectivity index (χ3v) is 3.65. The number of para-hydroxylation sites is 1. The van der Waals surface area contributed by atoms with Crippen LogP contribution in [0.4, 0.5) is 0 Å². The van der Waals surface area contributed by atoms with Crippen LogP contribution in [0.2, 0.25) is 0 Å². The molecule has 0 saturated carbocycles. The van der Waals surface area contributed by atoms with Gasteiger partial charge in [0.05, 0.1) is 5.56 Å². The van der Waals surface area contributed by atoms with Crippen LogP contribution in [0.5, 0.6) is 11.5 Å². The van der Waals surface area contributed by atoms with Crippen LogP contribution in [-0.4, -0.2) is 18.5 Å². The van der Waals surface area contributed by atoms with Gasteiger partial charge in [-0.25, -0.2) is 0 Å². The molecule has 0 N–H and O–H groups in total. The highest BCUT2D eigenvalue weighted by atomic mass is 16.5. The summed E-state index contributed by atoms with van der Waals surface area (Å²) >= 11 is 0. The third-order valence-electron chi connectivity index (χ3n) is 3.65. The van der Waals surface area contributed by atoms with Crippen molar-refractivity contribution in [2.24, 2.45) is 0 Å². The summed E-state index contributed by atoms with van der Waals surface area (Å²) in [6.07, 6.45) is 0.848. The Morgan fingerprint density at radius 2 is 2.10 bits per heavy atom. The molecule has 3 nitrogen and oxygen atoms in total. The normalized spacial score (nSPS) is 16.2. The number of carbonyl (C=O) groups is 1. The number of hydrogen-bond donors (Lipinski definition) is 0. The van der Waals surface area contributed by atoms with Gasteiger partial charge in [-0.3, -0.25) is 4.79 Å². The topological polar surface area (TPSA) is 35.5 Å². The van der Waals surface area contributed by atoms with Gasteiger partial charge in [-0.05, 0) is 37.6 Å². The predicted molar refractivity (Wildman–Crippen MR) is 81.2 cm³/mol. The van der Waals surface area contributed by atoms with E-state index in [0.29, 0.717) is 17.9 Å². The number of ether oxygens (including phenoxy) is 2. The molecule has 2 aromatic rings. The first kappa shape index (κ1) is 13.7. The summed E-state index contributed by atoms with van der Waals surface area (Å²) in [5.74, 6) is 1.58. The van der Waals surface area contributed by atoms with Gasteiger partial charge >= 0.3 is 0 Å². The zero-order valence-corrected chi connectivity index (χ0v) is 12.3. The minimum atomic E-state index is 0.00325. The summed E-state index contributed by atoms with van der Waals surface area (Å²) in [6.45, 7) is 3.97. The molecule has 3 rings (SSSR count). The minimum Gasteiger partial charge on any atom is -0.489 e. The van der Waals surface area contributed by atoms with Crippen LogP contribution in [0.1, 0.15) is 28.4 Å². The lowest BCUT2D eigenvalue weighted by Gasteiger charge is -2.14. The van der Waals surface area contributed by atoms with Gasteiger partial charge in [0.15, 0.2) is 5.78 Å². The molecule has 0 aliphatic carbocycles. The highest BCUT2D eigenvalue weighted by Crippen LogP contribution is 2.29. The van der Waals surface area contributed by atoms with Crippen molar-refractivity contribution < 1.29 is 14.3 Å². The van der Waals surface area contributed by atoms with E-state index in [1.807, 2.05) is 43.3 Å². The summed E-state index contributed by atoms with van der Waals surface area (Å²) in [5, 5.41) is 0. The molecular formula is C18H18O3. The summed E-state index contributed by atoms with van der Waals surface area (Å²) in [5.41, 5.74) is 2.89. The van der Waals surface area contributed by atoms with E-state index in [9.17, 15) is 4.79 Å². The van der Waals surface area contributed by atoms with E-state index in [1.54, 1.807) is 6.92 Å². The fourth-order valence-corrected chi connectivity index (χ4v) is 2.57. The lowest BCUT2D eigenvalue weighted by atomic mass is 10.1. The fourth-order valence-electron chi connectivity index (χ4n) is 2.57. The summed E-state index contributed by atoms with van der Waals surface area (Å²) in [6, 6.07) is 13.7. The Kier molecular flexibility index (Phi) is 3.65. The SMILES string of the molecule is CC(=O)c1cc(C)ccc1OCC1Cc2ccccc2O1. The van der Waals surface area contributed by atoms with Gasteiger partial charge in [-0.1, -0.05) is 29.8 Å². The van der Waals surface area contributed by atoms with Crippen LogP contribution in [0.25, 0.3) is 0 Å². The second-order valence-corrected chi connectivity index (χ2v) is 5.42. The van der Waals surface area contributed by atoms with Gasteiger partial charge in [-0.15, -0.1) is 0 Å². The first-order valence-corrected chi connectivity index (χ1v) is 7.12. The molecule has 1 aliphatic rings. The summed E-state index contributed by atoms with van der Waals surface area (Å²) in [4.78, 5) is 11.7. The zero-order valence-electron chi connectivity index (χ0n) is 12.3. The van der Waals surface area contributed by atoms with Crippen LogP contribution in [0.15, 0.2) is 42.5 Å². The highest BCUT2D eigenvalue weighted by molar-refractivity contribution is 5.97. The van der Waals surface area contributed by atoms with Gasteiger partial charge in [0.2, 0.25) is 0 Å². The van der Waals surface area contributed by atoms with Gasteiger partial charge < -0.3 is 9.47 Å². The van der Waals surface area contributed by atoms with Crippen molar-refractivity contribution in [1.82, 2.24) is 0 Å². The second-order valence-electron chi connectivity index (χ2n) is 5.42. The van der Waals surface area contributed by atoms with Crippen LogP contribution in [0, 0.1) is 6.92 Å². The fraction of sp³-hybridized carbons (Fsp3) is 0.278. The molecule has 0 fully saturated rings. The highest BCUT2D eigenvalue weighted by Gasteiger charge is 2.23. The van der Waals surface area contributed by atoms with Crippen LogP contribution >= 0.6 is 0 Å². The van der Waals surface area contributed by atoms with Crippen molar-refractivity contribution in [3.8, 4) is 11.5 Å². The van der Waals surface area contributed by atoms with Gasteiger partial charge in [0.1, 0.15) is 24.2 Å². The average molecular weight is 282 g/mol. The van der Waals surface area contributed by atoms with Crippen molar-refractivity contribution in [2.45, 2.75) is 26.4 Å². The number of aryl methyl sites for hydroxylation is 1. The van der Waals surface area contributed by atoms with E-state index in [0.717, 1.165) is 17.7 Å². The summed E-state index contributed by atoms with van der Waals surface area (Å²) in [7, 11) is 0. The standard InChI is InChI=1S/C18H18O3/c1-12-7-8-18(16(9-12)13(2)19)20-11-15-10-14-5-3-4-6-17(14)21-15/h3-9,15H,10-11H2,1-2H3. The van der Waals surface area contributed by atoms with Gasteiger partial charge in [0, 0.05) is 6.42 Å². The van der Waals surface area contributed by atoms with Crippen molar-refractivity contribution in [1.29, 1.82) is 0 Å². The van der Waals surface area contributed by atoms with E-state index in [4.69, 9.17) is 9.47 Å². The first-order valence-electron chi connectivity index (χ1n) is 7.12. The van der Waals surface area contributed by atoms with E-state index in [2.05, 4.69) is 6.07 Å². The molecule has 0 bridgehead atoms. The van der Waals surface area contributed by atoms with Gasteiger partial charge in [-0.2, -0.15) is 0 Å². The molecular weight excluding hydrogens is 264 g/mol. The maximum Gasteiger partial charge on any atom is 0.163 e. The molecule has 0 amide bonds. The minimum absolute atomic E-state index is 0.00325. The molecule has 1 atom stereocenters. The molecule has 0 saturated heterocycles. The Balaban J connectivity index is 1.68. The number of fused-ring (bicyclic) bond motifs is 1. The zero-order chi connectivity index (χ0) is 14.8. The van der Waals surface area contributed by atoms with Crippen molar-refractivity contribution in [2.75, 3.05) is 6.61 Å². The molecule has 2 aromatic carbocycles. The maximum absolute atomic E-state index is 11.7. The molecule has 0 spiro atoms. The largest absolute Gasteiger partial charge is 0.489 e. The quantitative estimate of drug-likeness (QED) is 0.804. The smallest absolute Gasteiger partial charge is 0.163 e. The average Bonchev–Trinajstić information content (AvgIpc) is 2.88. The summed E-state index contributed by atoms with van der Waals surface area (Å²) < 4.78 is 11.7. The van der Waals surface area contributed by atoms with Crippen LogP contribution < -0.4 is 9.47 Å². The molecule has 1 aliphatic heterocycles. The molecule has 3 heteroatoms. The molecule has 1 unspecified atom stereocenters. The number of hydrogen-bond acceptors (Lipinski definition) is 3. The maximum atomic E-state index is 11.7. The molecule has 1 heterocycles. The van der Waals surface area contributed by atoms with E-state index >= 15 is 0 Å². The number of rotatable bonds is 4. The lowest BCUT2D eigenvalue weighted by Crippen LogP contribution is -2.22. The number of Topliss-reactive ketones (excluding diaryl/α,β-unsaturated/α-hetero) is 1. The Hall–Kier alpha value is -2.29. The molecule has 108 valence electrons. The Labute approximate surface area is 124 Å². The molecule has 0 aromatic heterocycles. The van der Waals surface area contributed by atoms with Crippen molar-refractivity contribution in [3.63, 3.8) is 0 Å². The number of benzene rings is 2.